The van der Waals surface area contributed by atoms with Crippen LogP contribution in [0.5, 0.6) is 0 Å². The number of benzene rings is 1. The molecular weight excluding hydrogens is 282 g/mol. The zero-order valence-corrected chi connectivity index (χ0v) is 12.5. The van der Waals surface area contributed by atoms with E-state index in [1.165, 1.54) is 11.8 Å². The highest BCUT2D eigenvalue weighted by Crippen LogP contribution is 2.23. The van der Waals surface area contributed by atoms with Crippen molar-refractivity contribution in [3.05, 3.63) is 40.5 Å². The summed E-state index contributed by atoms with van der Waals surface area (Å²) in [5.41, 5.74) is 1.28. The highest BCUT2D eigenvalue weighted by atomic mass is 35.5. The molecule has 4 nitrogen and oxygen atoms in total. The van der Waals surface area contributed by atoms with Crippen LogP contribution >= 0.6 is 23.4 Å². The van der Waals surface area contributed by atoms with E-state index in [4.69, 9.17) is 11.6 Å². The summed E-state index contributed by atoms with van der Waals surface area (Å²) >= 11 is 7.37. The van der Waals surface area contributed by atoms with Gasteiger partial charge in [-0.1, -0.05) is 35.5 Å². The van der Waals surface area contributed by atoms with E-state index in [-0.39, 0.29) is 5.91 Å². The highest BCUT2D eigenvalue weighted by Gasteiger charge is 2.31. The van der Waals surface area contributed by atoms with Crippen LogP contribution < -0.4 is 0 Å². The summed E-state index contributed by atoms with van der Waals surface area (Å²) in [4.78, 5) is 16.6. The third-order valence-electron chi connectivity index (χ3n) is 2.54. The van der Waals surface area contributed by atoms with E-state index < -0.39 is 0 Å². The van der Waals surface area contributed by atoms with Gasteiger partial charge < -0.3 is 0 Å². The van der Waals surface area contributed by atoms with Crippen molar-refractivity contribution in [1.82, 2.24) is 10.0 Å². The SMILES string of the molecule is CSC1=N/C(=C\c2cccc(Cl)c2)C(=O)N1N(C)C. The molecule has 0 saturated carbocycles. The molecular formula is C13H14ClN3OS. The molecule has 0 aliphatic carbocycles. The molecule has 0 unspecified atom stereocenters. The lowest BCUT2D eigenvalue weighted by Gasteiger charge is -2.23. The van der Waals surface area contributed by atoms with Crippen LogP contribution in [0.4, 0.5) is 0 Å². The number of carbonyl (C=O) groups is 1. The first-order valence-electron chi connectivity index (χ1n) is 5.64. The van der Waals surface area contributed by atoms with Crippen molar-refractivity contribution in [2.75, 3.05) is 20.4 Å². The Labute approximate surface area is 121 Å². The molecule has 0 bridgehead atoms. The lowest BCUT2D eigenvalue weighted by Crippen LogP contribution is -2.41. The zero-order valence-electron chi connectivity index (χ0n) is 10.9. The van der Waals surface area contributed by atoms with Gasteiger partial charge in [-0.25, -0.2) is 15.0 Å². The largest absolute Gasteiger partial charge is 0.293 e. The van der Waals surface area contributed by atoms with Crippen molar-refractivity contribution < 1.29 is 4.79 Å². The number of carbonyl (C=O) groups excluding carboxylic acids is 1. The van der Waals surface area contributed by atoms with Gasteiger partial charge in [-0.15, -0.1) is 0 Å². The molecule has 1 aromatic carbocycles. The minimum atomic E-state index is -0.130. The number of aliphatic imine (C=N–C) groups is 1. The van der Waals surface area contributed by atoms with Crippen LogP contribution in [0.1, 0.15) is 5.56 Å². The number of amidine groups is 1. The summed E-state index contributed by atoms with van der Waals surface area (Å²) in [5.74, 6) is -0.130. The summed E-state index contributed by atoms with van der Waals surface area (Å²) in [6.45, 7) is 0. The van der Waals surface area contributed by atoms with Gasteiger partial charge in [-0.2, -0.15) is 0 Å². The molecule has 0 atom stereocenters. The molecule has 2 rings (SSSR count). The van der Waals surface area contributed by atoms with E-state index in [0.717, 1.165) is 5.56 Å². The Kier molecular flexibility index (Phi) is 4.29. The van der Waals surface area contributed by atoms with Crippen molar-refractivity contribution in [1.29, 1.82) is 0 Å². The number of hydrazine groups is 1. The molecule has 1 heterocycles. The molecule has 19 heavy (non-hydrogen) atoms. The first-order valence-corrected chi connectivity index (χ1v) is 7.25. The lowest BCUT2D eigenvalue weighted by atomic mass is 10.2. The lowest BCUT2D eigenvalue weighted by molar-refractivity contribution is -0.130. The zero-order chi connectivity index (χ0) is 14.0. The smallest absolute Gasteiger partial charge is 0.265 e. The maximum absolute atomic E-state index is 12.3. The van der Waals surface area contributed by atoms with E-state index in [2.05, 4.69) is 4.99 Å². The second-order valence-corrected chi connectivity index (χ2v) is 5.36. The molecule has 0 aromatic heterocycles. The number of thioether (sulfide) groups is 1. The minimum absolute atomic E-state index is 0.130. The maximum Gasteiger partial charge on any atom is 0.293 e. The third-order valence-corrected chi connectivity index (χ3v) is 3.41. The van der Waals surface area contributed by atoms with Gasteiger partial charge in [0.2, 0.25) is 0 Å². The highest BCUT2D eigenvalue weighted by molar-refractivity contribution is 8.13. The molecule has 0 spiro atoms. The molecule has 6 heteroatoms. The summed E-state index contributed by atoms with van der Waals surface area (Å²) in [6, 6.07) is 7.33. The van der Waals surface area contributed by atoms with Crippen LogP contribution in [0.2, 0.25) is 5.02 Å². The topological polar surface area (TPSA) is 35.9 Å². The monoisotopic (exact) mass is 295 g/mol. The minimum Gasteiger partial charge on any atom is -0.265 e. The van der Waals surface area contributed by atoms with Gasteiger partial charge in [0, 0.05) is 19.1 Å². The van der Waals surface area contributed by atoms with E-state index in [1.807, 2.05) is 32.5 Å². The Morgan fingerprint density at radius 3 is 2.68 bits per heavy atom. The van der Waals surface area contributed by atoms with Gasteiger partial charge >= 0.3 is 0 Å². The van der Waals surface area contributed by atoms with Gasteiger partial charge in [0.05, 0.1) is 0 Å². The van der Waals surface area contributed by atoms with E-state index in [9.17, 15) is 4.79 Å². The first-order chi connectivity index (χ1) is 9.02. The summed E-state index contributed by atoms with van der Waals surface area (Å²) in [5, 5.41) is 4.57. The Hall–Kier alpha value is -1.30. The van der Waals surface area contributed by atoms with Crippen molar-refractivity contribution in [3.63, 3.8) is 0 Å². The predicted molar refractivity (Wildman–Crippen MR) is 80.9 cm³/mol. The average Bonchev–Trinajstić information content (AvgIpc) is 2.66. The number of nitrogens with zero attached hydrogens (tertiary/aromatic N) is 3. The number of amides is 1. The summed E-state index contributed by atoms with van der Waals surface area (Å²) in [7, 11) is 3.62. The van der Waals surface area contributed by atoms with Gasteiger partial charge in [-0.05, 0) is 30.0 Å². The fraction of sp³-hybridized carbons (Fsp3) is 0.231. The predicted octanol–water partition coefficient (Wildman–Crippen LogP) is 2.72. The molecule has 0 radical (unpaired) electrons. The Bertz CT molecular complexity index is 569. The van der Waals surface area contributed by atoms with Gasteiger partial charge in [0.1, 0.15) is 5.70 Å². The van der Waals surface area contributed by atoms with Crippen LogP contribution in [-0.2, 0) is 4.79 Å². The van der Waals surface area contributed by atoms with E-state index >= 15 is 0 Å². The maximum atomic E-state index is 12.3. The van der Waals surface area contributed by atoms with Crippen LogP contribution in [0.15, 0.2) is 35.0 Å². The molecule has 1 aliphatic heterocycles. The van der Waals surface area contributed by atoms with Gasteiger partial charge in [-0.3, -0.25) is 4.79 Å². The first kappa shape index (κ1) is 14.1. The van der Waals surface area contributed by atoms with Gasteiger partial charge in [0.25, 0.3) is 5.91 Å². The molecule has 1 amide bonds. The summed E-state index contributed by atoms with van der Waals surface area (Å²) < 4.78 is 0. The number of hydrogen-bond acceptors (Lipinski definition) is 4. The van der Waals surface area contributed by atoms with Crippen molar-refractivity contribution in [2.45, 2.75) is 0 Å². The Morgan fingerprint density at radius 1 is 1.42 bits per heavy atom. The van der Waals surface area contributed by atoms with Crippen molar-refractivity contribution in [3.8, 4) is 0 Å². The fourth-order valence-corrected chi connectivity index (χ4v) is 2.53. The summed E-state index contributed by atoms with van der Waals surface area (Å²) in [6.07, 6.45) is 3.64. The fourth-order valence-electron chi connectivity index (χ4n) is 1.73. The van der Waals surface area contributed by atoms with Crippen molar-refractivity contribution in [2.24, 2.45) is 4.99 Å². The molecule has 0 saturated heterocycles. The average molecular weight is 296 g/mol. The standard InChI is InChI=1S/C13H14ClN3OS/c1-16(2)17-12(18)11(15-13(17)19-3)8-9-5-4-6-10(14)7-9/h4-8H,1-3H3/b11-8-. The number of halogens is 1. The molecule has 0 N–H and O–H groups in total. The number of rotatable bonds is 2. The van der Waals surface area contributed by atoms with Crippen LogP contribution in [-0.4, -0.2) is 41.4 Å². The van der Waals surface area contributed by atoms with Gasteiger partial charge in [0.15, 0.2) is 5.17 Å². The number of hydrogen-bond donors (Lipinski definition) is 0. The van der Waals surface area contributed by atoms with E-state index in [0.29, 0.717) is 15.9 Å². The Morgan fingerprint density at radius 2 is 2.16 bits per heavy atom. The quantitative estimate of drug-likeness (QED) is 0.787. The third kappa shape index (κ3) is 3.00. The van der Waals surface area contributed by atoms with Crippen LogP contribution in [0.25, 0.3) is 6.08 Å². The molecule has 100 valence electrons. The van der Waals surface area contributed by atoms with Crippen LogP contribution in [0.3, 0.4) is 0 Å². The molecule has 0 fully saturated rings. The van der Waals surface area contributed by atoms with Crippen LogP contribution in [0, 0.1) is 0 Å². The molecule has 1 aromatic rings. The Balaban J connectivity index is 2.36. The second kappa shape index (κ2) is 5.77. The normalized spacial score (nSPS) is 17.5. The second-order valence-electron chi connectivity index (χ2n) is 4.15. The van der Waals surface area contributed by atoms with Crippen molar-refractivity contribution >= 4 is 40.5 Å². The van der Waals surface area contributed by atoms with E-state index in [1.54, 1.807) is 28.2 Å². The molecule has 1 aliphatic rings.